The first-order valence-corrected chi connectivity index (χ1v) is 6.54. The maximum atomic E-state index is 9.28. The molecule has 3 rings (SSSR count). The predicted octanol–water partition coefficient (Wildman–Crippen LogP) is 2.80. The Morgan fingerprint density at radius 1 is 0.842 bits per heavy atom. The van der Waals surface area contributed by atoms with E-state index in [1.165, 1.54) is 10.8 Å². The third kappa shape index (κ3) is 1.82. The average molecular weight is 255 g/mol. The van der Waals surface area contributed by atoms with Crippen LogP contribution in [0.15, 0.2) is 36.4 Å². The fraction of sp³-hybridized carbons (Fsp3) is 0.250. The van der Waals surface area contributed by atoms with E-state index in [0.29, 0.717) is 0 Å². The normalized spacial score (nSPS) is 11.5. The van der Waals surface area contributed by atoms with E-state index < -0.39 is 0 Å². The molecule has 1 heterocycles. The van der Waals surface area contributed by atoms with Crippen molar-refractivity contribution in [2.45, 2.75) is 26.7 Å². The third-order valence-corrected chi connectivity index (χ3v) is 3.68. The van der Waals surface area contributed by atoms with Gasteiger partial charge in [-0.1, -0.05) is 24.3 Å². The first kappa shape index (κ1) is 12.2. The zero-order valence-electron chi connectivity index (χ0n) is 10.9. The van der Waals surface area contributed by atoms with E-state index in [1.807, 2.05) is 24.3 Å². The summed E-state index contributed by atoms with van der Waals surface area (Å²) in [5, 5.41) is 20.9. The number of hydrogen-bond acceptors (Lipinski definition) is 2. The van der Waals surface area contributed by atoms with Gasteiger partial charge in [0.15, 0.2) is 0 Å². The molecule has 3 aromatic rings. The molecule has 0 saturated heterocycles. The summed E-state index contributed by atoms with van der Waals surface area (Å²) in [6.45, 7) is 3.09. The molecular weight excluding hydrogens is 238 g/mol. The summed E-state index contributed by atoms with van der Waals surface area (Å²) in [4.78, 5) is 0. The number of aliphatic hydroxyl groups excluding tert-OH is 2. The van der Waals surface area contributed by atoms with Crippen LogP contribution in [0.4, 0.5) is 0 Å². The van der Waals surface area contributed by atoms with Crippen LogP contribution in [0, 0.1) is 0 Å². The summed E-state index contributed by atoms with van der Waals surface area (Å²) in [7, 11) is 0. The van der Waals surface area contributed by atoms with Gasteiger partial charge in [0, 0.05) is 28.4 Å². The van der Waals surface area contributed by atoms with Crippen molar-refractivity contribution < 1.29 is 10.2 Å². The fourth-order valence-electron chi connectivity index (χ4n) is 2.72. The molecule has 0 aliphatic rings. The summed E-state index contributed by atoms with van der Waals surface area (Å²) in [6, 6.07) is 12.1. The molecule has 3 nitrogen and oxygen atoms in total. The van der Waals surface area contributed by atoms with Crippen molar-refractivity contribution in [3.63, 3.8) is 0 Å². The lowest BCUT2D eigenvalue weighted by atomic mass is 10.1. The van der Waals surface area contributed by atoms with Gasteiger partial charge in [-0.2, -0.15) is 0 Å². The van der Waals surface area contributed by atoms with Crippen molar-refractivity contribution >= 4 is 21.8 Å². The summed E-state index contributed by atoms with van der Waals surface area (Å²) in [5.41, 5.74) is 4.12. The molecule has 2 aromatic carbocycles. The van der Waals surface area contributed by atoms with Gasteiger partial charge in [0.25, 0.3) is 0 Å². The third-order valence-electron chi connectivity index (χ3n) is 3.68. The highest BCUT2D eigenvalue weighted by molar-refractivity contribution is 6.08. The quantitative estimate of drug-likeness (QED) is 0.756. The number of hydrogen-bond donors (Lipinski definition) is 2. The van der Waals surface area contributed by atoms with Gasteiger partial charge in [0.2, 0.25) is 0 Å². The van der Waals surface area contributed by atoms with Crippen LogP contribution in [-0.2, 0) is 19.8 Å². The van der Waals surface area contributed by atoms with Crippen LogP contribution in [0.2, 0.25) is 0 Å². The number of aryl methyl sites for hydroxylation is 1. The molecule has 0 amide bonds. The van der Waals surface area contributed by atoms with Gasteiger partial charge in [-0.15, -0.1) is 0 Å². The van der Waals surface area contributed by atoms with Crippen molar-refractivity contribution in [3.05, 3.63) is 47.5 Å². The Labute approximate surface area is 111 Å². The van der Waals surface area contributed by atoms with Crippen molar-refractivity contribution in [1.29, 1.82) is 0 Å². The number of aromatic nitrogens is 1. The maximum absolute atomic E-state index is 9.28. The lowest BCUT2D eigenvalue weighted by molar-refractivity contribution is 0.282. The van der Waals surface area contributed by atoms with Crippen LogP contribution in [0.25, 0.3) is 21.8 Å². The number of fused-ring (bicyclic) bond motifs is 3. The Kier molecular flexibility index (Phi) is 3.01. The Morgan fingerprint density at radius 2 is 1.32 bits per heavy atom. The van der Waals surface area contributed by atoms with E-state index in [1.54, 1.807) is 0 Å². The molecule has 0 unspecified atom stereocenters. The number of aliphatic hydroxyl groups is 2. The number of benzene rings is 2. The summed E-state index contributed by atoms with van der Waals surface area (Å²) >= 11 is 0. The average Bonchev–Trinajstić information content (AvgIpc) is 2.78. The molecule has 3 heteroatoms. The molecule has 0 bridgehead atoms. The lowest BCUT2D eigenvalue weighted by Crippen LogP contribution is -1.94. The summed E-state index contributed by atoms with van der Waals surface area (Å²) in [6.07, 6.45) is 0. The number of nitrogens with zero attached hydrogens (tertiary/aromatic N) is 1. The number of rotatable bonds is 3. The first-order chi connectivity index (χ1) is 9.28. The summed E-state index contributed by atoms with van der Waals surface area (Å²) in [5.74, 6) is 0. The van der Waals surface area contributed by atoms with Gasteiger partial charge in [-0.3, -0.25) is 0 Å². The Balaban J connectivity index is 2.42. The minimum Gasteiger partial charge on any atom is -0.392 e. The van der Waals surface area contributed by atoms with Crippen LogP contribution in [-0.4, -0.2) is 14.8 Å². The SMILES string of the molecule is CCn1c2cc(CO)ccc2c2ccc(CO)cc21. The zero-order chi connectivity index (χ0) is 13.4. The molecular formula is C16H17NO2. The van der Waals surface area contributed by atoms with Gasteiger partial charge in [-0.25, -0.2) is 0 Å². The maximum Gasteiger partial charge on any atom is 0.0682 e. The highest BCUT2D eigenvalue weighted by Gasteiger charge is 2.10. The highest BCUT2D eigenvalue weighted by Crippen LogP contribution is 2.30. The second-order valence-corrected chi connectivity index (χ2v) is 4.76. The monoisotopic (exact) mass is 255 g/mol. The molecule has 0 atom stereocenters. The molecule has 0 aliphatic heterocycles. The van der Waals surface area contributed by atoms with Gasteiger partial charge in [0.05, 0.1) is 13.2 Å². The second kappa shape index (κ2) is 4.68. The lowest BCUT2D eigenvalue weighted by Gasteiger charge is -2.04. The fourth-order valence-corrected chi connectivity index (χ4v) is 2.72. The Hall–Kier alpha value is -1.84. The van der Waals surface area contributed by atoms with Gasteiger partial charge in [0.1, 0.15) is 0 Å². The molecule has 0 spiro atoms. The van der Waals surface area contributed by atoms with Crippen LogP contribution in [0.1, 0.15) is 18.1 Å². The predicted molar refractivity (Wildman–Crippen MR) is 77.0 cm³/mol. The topological polar surface area (TPSA) is 45.4 Å². The van der Waals surface area contributed by atoms with Crippen molar-refractivity contribution in [1.82, 2.24) is 4.57 Å². The zero-order valence-corrected chi connectivity index (χ0v) is 10.9. The first-order valence-electron chi connectivity index (χ1n) is 6.54. The molecule has 19 heavy (non-hydrogen) atoms. The van der Waals surface area contributed by atoms with Crippen molar-refractivity contribution in [2.75, 3.05) is 0 Å². The smallest absolute Gasteiger partial charge is 0.0682 e. The minimum absolute atomic E-state index is 0.0586. The van der Waals surface area contributed by atoms with E-state index >= 15 is 0 Å². The molecule has 2 N–H and O–H groups in total. The molecule has 1 aromatic heterocycles. The molecule has 0 aliphatic carbocycles. The van der Waals surface area contributed by atoms with Gasteiger partial charge in [-0.05, 0) is 30.2 Å². The second-order valence-electron chi connectivity index (χ2n) is 4.76. The largest absolute Gasteiger partial charge is 0.392 e. The van der Waals surface area contributed by atoms with E-state index in [-0.39, 0.29) is 13.2 Å². The minimum atomic E-state index is 0.0586. The van der Waals surface area contributed by atoms with Crippen LogP contribution in [0.3, 0.4) is 0 Å². The van der Waals surface area contributed by atoms with E-state index in [4.69, 9.17) is 0 Å². The highest BCUT2D eigenvalue weighted by atomic mass is 16.3. The van der Waals surface area contributed by atoms with Gasteiger partial charge >= 0.3 is 0 Å². The van der Waals surface area contributed by atoms with E-state index in [0.717, 1.165) is 28.7 Å². The molecule has 0 radical (unpaired) electrons. The van der Waals surface area contributed by atoms with Crippen LogP contribution < -0.4 is 0 Å². The Morgan fingerprint density at radius 3 is 1.68 bits per heavy atom. The Bertz CT molecular complexity index is 682. The van der Waals surface area contributed by atoms with Crippen molar-refractivity contribution in [2.24, 2.45) is 0 Å². The van der Waals surface area contributed by atoms with Crippen molar-refractivity contribution in [3.8, 4) is 0 Å². The molecule has 0 saturated carbocycles. The molecule has 98 valence electrons. The standard InChI is InChI=1S/C16H17NO2/c1-2-17-15-7-11(9-18)3-5-13(15)14-6-4-12(10-19)8-16(14)17/h3-8,18-19H,2,9-10H2,1H3. The molecule has 0 fully saturated rings. The van der Waals surface area contributed by atoms with Gasteiger partial charge < -0.3 is 14.8 Å². The summed E-state index contributed by atoms with van der Waals surface area (Å²) < 4.78 is 2.23. The van der Waals surface area contributed by atoms with E-state index in [2.05, 4.69) is 23.6 Å². The van der Waals surface area contributed by atoms with Crippen LogP contribution >= 0.6 is 0 Å². The van der Waals surface area contributed by atoms with E-state index in [9.17, 15) is 10.2 Å². The van der Waals surface area contributed by atoms with Crippen LogP contribution in [0.5, 0.6) is 0 Å².